The molecule has 0 fully saturated rings. The number of hydrogen-bond donors (Lipinski definition) is 2. The molecule has 0 spiro atoms. The van der Waals surface area contributed by atoms with E-state index in [0.717, 1.165) is 39.3 Å². The van der Waals surface area contributed by atoms with Crippen molar-refractivity contribution in [2.45, 2.75) is 44.7 Å². The second kappa shape index (κ2) is 11.7. The summed E-state index contributed by atoms with van der Waals surface area (Å²) in [5.41, 5.74) is 5.16. The minimum Gasteiger partial charge on any atom is -0.370 e. The normalized spacial score (nSPS) is 12.8. The monoisotopic (exact) mass is 466 g/mol. The summed E-state index contributed by atoms with van der Waals surface area (Å²) in [6, 6.07) is 16.0. The molecule has 174 valence electrons. The highest BCUT2D eigenvalue weighted by Gasteiger charge is 2.22. The van der Waals surface area contributed by atoms with Crippen LogP contribution in [0.4, 0.5) is 0 Å². The van der Waals surface area contributed by atoms with Crippen molar-refractivity contribution >= 4 is 34.6 Å². The zero-order chi connectivity index (χ0) is 23.8. The number of H-pyrrole nitrogens is 1. The number of nitrogens with one attached hydrogen (secondary N) is 2. The van der Waals surface area contributed by atoms with Gasteiger partial charge in [0.1, 0.15) is 0 Å². The van der Waals surface area contributed by atoms with Crippen LogP contribution in [0.25, 0.3) is 16.6 Å². The third-order valence-corrected chi connectivity index (χ3v) is 6.53. The molecule has 7 heteroatoms. The van der Waals surface area contributed by atoms with E-state index in [9.17, 15) is 9.70 Å². The zero-order valence-electron chi connectivity index (χ0n) is 19.2. The van der Waals surface area contributed by atoms with Crippen molar-refractivity contribution in [3.05, 3.63) is 81.9 Å². The van der Waals surface area contributed by atoms with Crippen LogP contribution < -0.4 is 5.32 Å². The molecular weight excluding hydrogens is 436 g/mol. The van der Waals surface area contributed by atoms with E-state index in [1.807, 2.05) is 31.3 Å². The lowest BCUT2D eigenvalue weighted by Gasteiger charge is -2.32. The maximum atomic E-state index is 11.4. The Bertz CT molecular complexity index is 1110. The second-order valence-corrected chi connectivity index (χ2v) is 8.89. The lowest BCUT2D eigenvalue weighted by atomic mass is 9.96. The summed E-state index contributed by atoms with van der Waals surface area (Å²) in [6.07, 6.45) is 3.22. The van der Waals surface area contributed by atoms with Gasteiger partial charge in [-0.3, -0.25) is 4.79 Å². The summed E-state index contributed by atoms with van der Waals surface area (Å²) in [5.74, 6) is 0. The number of benzene rings is 2. The van der Waals surface area contributed by atoms with Crippen LogP contribution in [-0.4, -0.2) is 42.0 Å². The molecule has 2 atom stereocenters. The summed E-state index contributed by atoms with van der Waals surface area (Å²) in [4.78, 5) is 27.5. The maximum absolute atomic E-state index is 11.4. The quantitative estimate of drug-likeness (QED) is 0.193. The third kappa shape index (κ3) is 6.45. The number of aromatic nitrogens is 1. The standard InChI is InChI=1S/C26H31ClN4O2/c1-18-8-11-25-21(14-18)16-26(29-25)19(2)31(3)23(15-20-6-4-5-7-24(20)27)10-9-22(30-33)12-13-28-17-32/h4-8,11,14,16-17,22-23,29H,2,9-10,12-13,15H2,1,3H3,(H,28,32). The molecule has 33 heavy (non-hydrogen) atoms. The highest BCUT2D eigenvalue weighted by Crippen LogP contribution is 2.28. The molecule has 6 nitrogen and oxygen atoms in total. The number of amides is 1. The van der Waals surface area contributed by atoms with Crippen LogP contribution in [0.5, 0.6) is 0 Å². The SMILES string of the molecule is C=C(c1cc2cc(C)ccc2[nH]1)N(C)C(CCC(CCNC=O)N=O)Cc1ccccc1Cl. The summed E-state index contributed by atoms with van der Waals surface area (Å²) < 4.78 is 0. The molecule has 2 N–H and O–H groups in total. The van der Waals surface area contributed by atoms with Gasteiger partial charge in [-0.25, -0.2) is 0 Å². The first-order valence-electron chi connectivity index (χ1n) is 11.2. The Balaban J connectivity index is 1.79. The number of aryl methyl sites for hydroxylation is 1. The number of carbonyl (C=O) groups excluding carboxylic acids is 1. The first kappa shape index (κ1) is 24.5. The smallest absolute Gasteiger partial charge is 0.207 e. The van der Waals surface area contributed by atoms with Crippen molar-refractivity contribution in [3.8, 4) is 0 Å². The molecule has 3 aromatic rings. The summed E-state index contributed by atoms with van der Waals surface area (Å²) in [6.45, 7) is 6.88. The van der Waals surface area contributed by atoms with Gasteiger partial charge < -0.3 is 15.2 Å². The number of rotatable bonds is 13. The van der Waals surface area contributed by atoms with E-state index >= 15 is 0 Å². The van der Waals surface area contributed by atoms with Gasteiger partial charge >= 0.3 is 0 Å². The summed E-state index contributed by atoms with van der Waals surface area (Å²) in [5, 5.41) is 7.75. The van der Waals surface area contributed by atoms with Crippen LogP contribution in [0.1, 0.15) is 36.1 Å². The van der Waals surface area contributed by atoms with Gasteiger partial charge in [0.25, 0.3) is 0 Å². The van der Waals surface area contributed by atoms with Gasteiger partial charge in [-0.1, -0.05) is 53.2 Å². The van der Waals surface area contributed by atoms with Gasteiger partial charge in [-0.15, -0.1) is 0 Å². The second-order valence-electron chi connectivity index (χ2n) is 8.48. The van der Waals surface area contributed by atoms with Crippen molar-refractivity contribution < 1.29 is 4.79 Å². The fraction of sp³-hybridized carbons (Fsp3) is 0.346. The van der Waals surface area contributed by atoms with Crippen molar-refractivity contribution in [2.24, 2.45) is 5.18 Å². The molecule has 0 saturated carbocycles. The van der Waals surface area contributed by atoms with Crippen LogP contribution in [0.3, 0.4) is 0 Å². The Morgan fingerprint density at radius 2 is 2.00 bits per heavy atom. The van der Waals surface area contributed by atoms with Crippen molar-refractivity contribution in [2.75, 3.05) is 13.6 Å². The number of carbonyl (C=O) groups is 1. The number of nitrogens with zero attached hydrogens (tertiary/aromatic N) is 2. The predicted octanol–water partition coefficient (Wildman–Crippen LogP) is 5.69. The van der Waals surface area contributed by atoms with Crippen LogP contribution >= 0.6 is 11.6 Å². The van der Waals surface area contributed by atoms with E-state index in [0.29, 0.717) is 32.2 Å². The molecule has 3 rings (SSSR count). The molecule has 1 amide bonds. The molecule has 0 aliphatic carbocycles. The van der Waals surface area contributed by atoms with Gasteiger partial charge in [0.15, 0.2) is 0 Å². The molecule has 0 aliphatic heterocycles. The Labute approximate surface area is 200 Å². The fourth-order valence-electron chi connectivity index (χ4n) is 4.11. The van der Waals surface area contributed by atoms with Crippen LogP contribution in [-0.2, 0) is 11.2 Å². The number of fused-ring (bicyclic) bond motifs is 1. The largest absolute Gasteiger partial charge is 0.370 e. The highest BCUT2D eigenvalue weighted by atomic mass is 35.5. The molecule has 0 saturated heterocycles. The van der Waals surface area contributed by atoms with Crippen molar-refractivity contribution in [3.63, 3.8) is 0 Å². The van der Waals surface area contributed by atoms with Gasteiger partial charge in [0, 0.05) is 35.6 Å². The van der Waals surface area contributed by atoms with E-state index in [4.69, 9.17) is 11.6 Å². The van der Waals surface area contributed by atoms with E-state index < -0.39 is 0 Å². The number of nitroso groups, excluding NO2 is 1. The molecule has 2 unspecified atom stereocenters. The molecular formula is C26H31ClN4O2. The minimum absolute atomic E-state index is 0.0637. The minimum atomic E-state index is -0.357. The number of halogens is 1. The van der Waals surface area contributed by atoms with Crippen LogP contribution in [0, 0.1) is 11.8 Å². The number of aromatic amines is 1. The van der Waals surface area contributed by atoms with Crippen molar-refractivity contribution in [1.82, 2.24) is 15.2 Å². The van der Waals surface area contributed by atoms with E-state index in [2.05, 4.69) is 58.1 Å². The average Bonchev–Trinajstić information content (AvgIpc) is 3.23. The van der Waals surface area contributed by atoms with Gasteiger partial charge in [0.2, 0.25) is 6.41 Å². The summed E-state index contributed by atoms with van der Waals surface area (Å²) >= 11 is 6.46. The van der Waals surface area contributed by atoms with Gasteiger partial charge in [-0.2, -0.15) is 4.91 Å². The highest BCUT2D eigenvalue weighted by molar-refractivity contribution is 6.31. The molecule has 1 heterocycles. The first-order chi connectivity index (χ1) is 15.9. The van der Waals surface area contributed by atoms with Crippen molar-refractivity contribution in [1.29, 1.82) is 0 Å². The molecule has 2 aromatic carbocycles. The van der Waals surface area contributed by atoms with Crippen LogP contribution in [0.15, 0.2) is 60.3 Å². The zero-order valence-corrected chi connectivity index (χ0v) is 19.9. The van der Waals surface area contributed by atoms with Gasteiger partial charge in [-0.05, 0) is 62.4 Å². The summed E-state index contributed by atoms with van der Waals surface area (Å²) in [7, 11) is 2.03. The Morgan fingerprint density at radius 3 is 2.73 bits per heavy atom. The fourth-order valence-corrected chi connectivity index (χ4v) is 4.32. The number of hydrogen-bond acceptors (Lipinski definition) is 4. The van der Waals surface area contributed by atoms with E-state index in [-0.39, 0.29) is 12.1 Å². The van der Waals surface area contributed by atoms with E-state index in [1.54, 1.807) is 0 Å². The topological polar surface area (TPSA) is 77.6 Å². The molecule has 1 aromatic heterocycles. The molecule has 0 aliphatic rings. The lowest BCUT2D eigenvalue weighted by molar-refractivity contribution is -0.109. The predicted molar refractivity (Wildman–Crippen MR) is 136 cm³/mol. The Hall–Kier alpha value is -3.12. The van der Waals surface area contributed by atoms with Crippen LogP contribution in [0.2, 0.25) is 5.02 Å². The number of likely N-dealkylation sites (N-methyl/N-ethyl adjacent to an activating group) is 1. The Morgan fingerprint density at radius 1 is 1.21 bits per heavy atom. The lowest BCUT2D eigenvalue weighted by Crippen LogP contribution is -2.33. The third-order valence-electron chi connectivity index (χ3n) is 6.16. The van der Waals surface area contributed by atoms with Gasteiger partial charge in [0.05, 0.1) is 17.4 Å². The maximum Gasteiger partial charge on any atom is 0.207 e. The first-order valence-corrected chi connectivity index (χ1v) is 11.5. The molecule has 0 bridgehead atoms. The van der Waals surface area contributed by atoms with E-state index in [1.165, 1.54) is 5.56 Å². The Kier molecular flexibility index (Phi) is 8.66. The molecule has 0 radical (unpaired) electrons. The average molecular weight is 467 g/mol.